The molecule has 1 aliphatic heterocycles. The second-order valence-electron chi connectivity index (χ2n) is 7.01. The Hall–Kier alpha value is -2.80. The number of carbonyl (C=O) groups excluding carboxylic acids is 1. The first-order valence-electron chi connectivity index (χ1n) is 9.23. The van der Waals surface area contributed by atoms with Gasteiger partial charge in [-0.25, -0.2) is 8.42 Å². The van der Waals surface area contributed by atoms with Gasteiger partial charge in [-0.2, -0.15) is 0 Å². The van der Waals surface area contributed by atoms with E-state index >= 15 is 0 Å². The van der Waals surface area contributed by atoms with Gasteiger partial charge in [0.1, 0.15) is 0 Å². The SMILES string of the molecule is Cc1cc(NC(=O)/C=C/c2ccc(NS(C)(=O)=O)cc2)ccc1N1CCCC1. The van der Waals surface area contributed by atoms with Crippen LogP contribution in [0.15, 0.2) is 48.5 Å². The summed E-state index contributed by atoms with van der Waals surface area (Å²) in [4.78, 5) is 14.6. The van der Waals surface area contributed by atoms with E-state index in [9.17, 15) is 13.2 Å². The third-order valence-corrected chi connectivity index (χ3v) is 5.16. The lowest BCUT2D eigenvalue weighted by Gasteiger charge is -2.20. The average molecular weight is 400 g/mol. The number of aryl methyl sites for hydroxylation is 1. The molecule has 0 unspecified atom stereocenters. The first-order valence-corrected chi connectivity index (χ1v) is 11.1. The molecule has 0 aromatic heterocycles. The maximum absolute atomic E-state index is 12.2. The topological polar surface area (TPSA) is 78.5 Å². The van der Waals surface area contributed by atoms with Gasteiger partial charge in [-0.15, -0.1) is 0 Å². The highest BCUT2D eigenvalue weighted by Crippen LogP contribution is 2.26. The molecule has 0 bridgehead atoms. The standard InChI is InChI=1S/C21H25N3O3S/c1-16-15-19(10-11-20(16)24-13-3-4-14-24)22-21(25)12-7-17-5-8-18(9-6-17)23-28(2,26)27/h5-12,15,23H,3-4,13-14H2,1-2H3,(H,22,25)/b12-7+. The fraction of sp³-hybridized carbons (Fsp3) is 0.286. The number of hydrogen-bond acceptors (Lipinski definition) is 4. The molecule has 6 nitrogen and oxygen atoms in total. The normalized spacial score (nSPS) is 14.4. The fourth-order valence-electron chi connectivity index (χ4n) is 3.28. The molecule has 1 amide bonds. The van der Waals surface area contributed by atoms with Crippen LogP contribution in [-0.4, -0.2) is 33.7 Å². The molecule has 2 aromatic carbocycles. The zero-order valence-corrected chi connectivity index (χ0v) is 16.9. The van der Waals surface area contributed by atoms with E-state index in [0.29, 0.717) is 5.69 Å². The summed E-state index contributed by atoms with van der Waals surface area (Å²) >= 11 is 0. The fourth-order valence-corrected chi connectivity index (χ4v) is 3.84. The first kappa shape index (κ1) is 19.9. The predicted molar refractivity (Wildman–Crippen MR) is 115 cm³/mol. The Morgan fingerprint density at radius 1 is 1.04 bits per heavy atom. The lowest BCUT2D eigenvalue weighted by atomic mass is 10.1. The van der Waals surface area contributed by atoms with Crippen molar-refractivity contribution in [1.82, 2.24) is 0 Å². The lowest BCUT2D eigenvalue weighted by Crippen LogP contribution is -2.18. The van der Waals surface area contributed by atoms with Crippen LogP contribution in [0.1, 0.15) is 24.0 Å². The van der Waals surface area contributed by atoms with Crippen molar-refractivity contribution in [1.29, 1.82) is 0 Å². The van der Waals surface area contributed by atoms with E-state index in [2.05, 4.69) is 27.9 Å². The van der Waals surface area contributed by atoms with Crippen LogP contribution in [-0.2, 0) is 14.8 Å². The molecule has 1 aliphatic rings. The number of nitrogens with zero attached hydrogens (tertiary/aromatic N) is 1. The van der Waals surface area contributed by atoms with E-state index in [0.717, 1.165) is 36.2 Å². The molecule has 1 fully saturated rings. The minimum atomic E-state index is -3.30. The van der Waals surface area contributed by atoms with Crippen molar-refractivity contribution in [2.24, 2.45) is 0 Å². The summed E-state index contributed by atoms with van der Waals surface area (Å²) < 4.78 is 24.8. The lowest BCUT2D eigenvalue weighted by molar-refractivity contribution is -0.111. The molecule has 7 heteroatoms. The van der Waals surface area contributed by atoms with Crippen molar-refractivity contribution < 1.29 is 13.2 Å². The quantitative estimate of drug-likeness (QED) is 0.727. The number of amides is 1. The van der Waals surface area contributed by atoms with E-state index < -0.39 is 10.0 Å². The monoisotopic (exact) mass is 399 g/mol. The highest BCUT2D eigenvalue weighted by atomic mass is 32.2. The van der Waals surface area contributed by atoms with Crippen LogP contribution >= 0.6 is 0 Å². The summed E-state index contributed by atoms with van der Waals surface area (Å²) in [7, 11) is -3.30. The number of anilines is 3. The van der Waals surface area contributed by atoms with Gasteiger partial charge < -0.3 is 10.2 Å². The van der Waals surface area contributed by atoms with Gasteiger partial charge in [-0.1, -0.05) is 12.1 Å². The summed E-state index contributed by atoms with van der Waals surface area (Å²) in [6.45, 7) is 4.24. The number of rotatable bonds is 6. The Morgan fingerprint density at radius 2 is 1.68 bits per heavy atom. The molecule has 2 aromatic rings. The Labute approximate surface area is 166 Å². The zero-order chi connectivity index (χ0) is 20.1. The van der Waals surface area contributed by atoms with Crippen molar-refractivity contribution in [3.8, 4) is 0 Å². The molecule has 0 aliphatic carbocycles. The van der Waals surface area contributed by atoms with Gasteiger partial charge in [0.15, 0.2) is 0 Å². The summed E-state index contributed by atoms with van der Waals surface area (Å²) in [5.41, 5.74) is 4.43. The highest BCUT2D eigenvalue weighted by molar-refractivity contribution is 7.92. The van der Waals surface area contributed by atoms with Gasteiger partial charge in [-0.05, 0) is 67.3 Å². The molecule has 148 valence electrons. The van der Waals surface area contributed by atoms with Crippen LogP contribution in [0.5, 0.6) is 0 Å². The minimum Gasteiger partial charge on any atom is -0.371 e. The van der Waals surface area contributed by atoms with Crippen LogP contribution in [0, 0.1) is 6.92 Å². The van der Waals surface area contributed by atoms with Crippen molar-refractivity contribution >= 4 is 39.1 Å². The summed E-state index contributed by atoms with van der Waals surface area (Å²) in [5.74, 6) is -0.216. The van der Waals surface area contributed by atoms with E-state index in [1.165, 1.54) is 24.6 Å². The van der Waals surface area contributed by atoms with Gasteiger partial charge in [0.05, 0.1) is 6.26 Å². The number of nitrogens with one attached hydrogen (secondary N) is 2. The van der Waals surface area contributed by atoms with Gasteiger partial charge >= 0.3 is 0 Å². The van der Waals surface area contributed by atoms with Gasteiger partial charge in [0.2, 0.25) is 15.9 Å². The predicted octanol–water partition coefficient (Wildman–Crippen LogP) is 3.62. The second kappa shape index (κ2) is 8.48. The average Bonchev–Trinajstić information content (AvgIpc) is 3.14. The molecule has 0 saturated carbocycles. The molecule has 1 saturated heterocycles. The van der Waals surface area contributed by atoms with E-state index in [4.69, 9.17) is 0 Å². The van der Waals surface area contributed by atoms with Crippen molar-refractivity contribution in [3.63, 3.8) is 0 Å². The molecular weight excluding hydrogens is 374 g/mol. The first-order chi connectivity index (χ1) is 13.3. The van der Waals surface area contributed by atoms with Crippen LogP contribution < -0.4 is 14.9 Å². The third-order valence-electron chi connectivity index (χ3n) is 4.55. The highest BCUT2D eigenvalue weighted by Gasteiger charge is 2.14. The largest absolute Gasteiger partial charge is 0.371 e. The number of benzene rings is 2. The maximum Gasteiger partial charge on any atom is 0.248 e. The molecular formula is C21H25N3O3S. The third kappa shape index (κ3) is 5.60. The number of hydrogen-bond donors (Lipinski definition) is 2. The van der Waals surface area contributed by atoms with Crippen LogP contribution in [0.2, 0.25) is 0 Å². The molecule has 2 N–H and O–H groups in total. The molecule has 0 atom stereocenters. The van der Waals surface area contributed by atoms with E-state index in [-0.39, 0.29) is 5.91 Å². The Balaban J connectivity index is 1.59. The second-order valence-corrected chi connectivity index (χ2v) is 8.76. The van der Waals surface area contributed by atoms with Gasteiger partial charge in [-0.3, -0.25) is 9.52 Å². The molecule has 1 heterocycles. The molecule has 0 radical (unpaired) electrons. The van der Waals surface area contributed by atoms with Crippen molar-refractivity contribution in [3.05, 3.63) is 59.7 Å². The van der Waals surface area contributed by atoms with Gasteiger partial charge in [0.25, 0.3) is 0 Å². The Morgan fingerprint density at radius 3 is 2.29 bits per heavy atom. The van der Waals surface area contributed by atoms with Crippen LogP contribution in [0.4, 0.5) is 17.1 Å². The van der Waals surface area contributed by atoms with Crippen LogP contribution in [0.3, 0.4) is 0 Å². The van der Waals surface area contributed by atoms with E-state index in [1.807, 2.05) is 12.1 Å². The smallest absolute Gasteiger partial charge is 0.248 e. The molecule has 28 heavy (non-hydrogen) atoms. The number of sulfonamides is 1. The van der Waals surface area contributed by atoms with Crippen molar-refractivity contribution in [2.75, 3.05) is 34.3 Å². The van der Waals surface area contributed by atoms with E-state index in [1.54, 1.807) is 30.3 Å². The molecule has 0 spiro atoms. The minimum absolute atomic E-state index is 0.216. The van der Waals surface area contributed by atoms with Crippen LogP contribution in [0.25, 0.3) is 6.08 Å². The summed E-state index contributed by atoms with van der Waals surface area (Å²) in [6.07, 6.45) is 6.71. The number of carbonyl (C=O) groups is 1. The summed E-state index contributed by atoms with van der Waals surface area (Å²) in [6, 6.07) is 12.8. The Kier molecular flexibility index (Phi) is 6.04. The van der Waals surface area contributed by atoms with Crippen molar-refractivity contribution in [2.45, 2.75) is 19.8 Å². The zero-order valence-electron chi connectivity index (χ0n) is 16.1. The molecule has 3 rings (SSSR count). The summed E-state index contributed by atoms with van der Waals surface area (Å²) in [5, 5.41) is 2.88. The van der Waals surface area contributed by atoms with Gasteiger partial charge in [0, 0.05) is 36.2 Å². The maximum atomic E-state index is 12.2. The Bertz CT molecular complexity index is 976.